The van der Waals surface area contributed by atoms with Gasteiger partial charge >= 0.3 is 0 Å². The van der Waals surface area contributed by atoms with Crippen LogP contribution < -0.4 is 15.5 Å². The molecular formula is C32H39N7O3. The van der Waals surface area contributed by atoms with Gasteiger partial charge in [0.2, 0.25) is 0 Å². The Morgan fingerprint density at radius 3 is 2.52 bits per heavy atom. The Morgan fingerprint density at radius 2 is 1.76 bits per heavy atom. The smallest absolute Gasteiger partial charge is 0.169 e. The number of nitrogens with two attached hydrogens (primary N) is 1. The molecule has 0 spiro atoms. The summed E-state index contributed by atoms with van der Waals surface area (Å²) in [5, 5.41) is 39.3. The second kappa shape index (κ2) is 11.4. The molecular weight excluding hydrogens is 530 g/mol. The normalized spacial score (nSPS) is 25.5. The van der Waals surface area contributed by atoms with Crippen LogP contribution in [0.15, 0.2) is 48.7 Å². The summed E-state index contributed by atoms with van der Waals surface area (Å²) in [5.74, 6) is 7.02. The Kier molecular flexibility index (Phi) is 7.66. The van der Waals surface area contributed by atoms with Gasteiger partial charge in [-0.25, -0.2) is 4.98 Å². The fourth-order valence-electron chi connectivity index (χ4n) is 6.82. The summed E-state index contributed by atoms with van der Waals surface area (Å²) in [6, 6.07) is 13.8. The van der Waals surface area contributed by atoms with Crippen molar-refractivity contribution in [3.05, 3.63) is 54.4 Å². The van der Waals surface area contributed by atoms with Crippen molar-refractivity contribution < 1.29 is 15.3 Å². The molecule has 5 N–H and O–H groups in total. The molecule has 5 heterocycles. The summed E-state index contributed by atoms with van der Waals surface area (Å²) in [6.07, 6.45) is 3.07. The van der Waals surface area contributed by atoms with Crippen LogP contribution in [-0.4, -0.2) is 92.4 Å². The molecule has 42 heavy (non-hydrogen) atoms. The fourth-order valence-corrected chi connectivity index (χ4v) is 6.82. The maximum Gasteiger partial charge on any atom is 0.169 e. The van der Waals surface area contributed by atoms with Gasteiger partial charge in [0.1, 0.15) is 11.4 Å². The van der Waals surface area contributed by atoms with E-state index >= 15 is 0 Å². The van der Waals surface area contributed by atoms with E-state index in [0.717, 1.165) is 49.5 Å². The van der Waals surface area contributed by atoms with E-state index in [1.165, 1.54) is 0 Å². The number of phenols is 1. The van der Waals surface area contributed by atoms with E-state index in [-0.39, 0.29) is 11.2 Å². The van der Waals surface area contributed by atoms with Crippen molar-refractivity contribution in [2.24, 2.45) is 5.41 Å². The molecule has 3 aliphatic rings. The van der Waals surface area contributed by atoms with Crippen LogP contribution in [0.3, 0.4) is 0 Å². The summed E-state index contributed by atoms with van der Waals surface area (Å²) in [5.41, 5.74) is 10.1. The highest BCUT2D eigenvalue weighted by atomic mass is 16.3. The van der Waals surface area contributed by atoms with E-state index in [1.54, 1.807) is 12.1 Å². The zero-order chi connectivity index (χ0) is 29.4. The summed E-state index contributed by atoms with van der Waals surface area (Å²) >= 11 is 0. The van der Waals surface area contributed by atoms with Crippen molar-refractivity contribution in [1.29, 1.82) is 0 Å². The van der Waals surface area contributed by atoms with E-state index in [4.69, 9.17) is 5.73 Å². The van der Waals surface area contributed by atoms with Crippen LogP contribution in [0.25, 0.3) is 11.3 Å². The summed E-state index contributed by atoms with van der Waals surface area (Å²) in [7, 11) is 0. The molecule has 220 valence electrons. The number of phenolic OH excluding ortho intramolecular Hbond substituents is 1. The zero-order valence-corrected chi connectivity index (χ0v) is 24.2. The third kappa shape index (κ3) is 5.86. The van der Waals surface area contributed by atoms with Gasteiger partial charge in [-0.2, -0.15) is 0 Å². The Balaban J connectivity index is 1.16. The van der Waals surface area contributed by atoms with Crippen LogP contribution in [0.5, 0.6) is 5.75 Å². The highest BCUT2D eigenvalue weighted by molar-refractivity contribution is 5.74. The number of para-hydroxylation sites is 1. The summed E-state index contributed by atoms with van der Waals surface area (Å²) < 4.78 is 0. The van der Waals surface area contributed by atoms with Gasteiger partial charge in [-0.15, -0.1) is 10.2 Å². The second-order valence-electron chi connectivity index (χ2n) is 12.6. The van der Waals surface area contributed by atoms with Gasteiger partial charge in [0.15, 0.2) is 5.82 Å². The standard InChI is InChI=1S/C32H39N7O3/c1-32(2)16-29(41)30(42)19-37(20-32)13-5-6-21-14-22(11-12-34-21)39-23-9-10-24(39)18-38(17-23)27-15-26(35-36-31(27)33)25-7-3-4-8-28(25)40/h3-4,7-8,11-12,14-15,23-24,29-30,40-42H,9-10,13,16-20H2,1-2H3,(H2,33,36). The third-order valence-electron chi connectivity index (χ3n) is 8.67. The molecule has 6 rings (SSSR count). The van der Waals surface area contributed by atoms with Crippen LogP contribution in [-0.2, 0) is 0 Å². The Hall–Kier alpha value is -3.91. The first-order valence-corrected chi connectivity index (χ1v) is 14.6. The maximum absolute atomic E-state index is 10.3. The Labute approximate surface area is 246 Å². The molecule has 10 nitrogen and oxygen atoms in total. The summed E-state index contributed by atoms with van der Waals surface area (Å²) in [6.45, 7) is 7.51. The second-order valence-corrected chi connectivity index (χ2v) is 12.6. The fraction of sp³-hybridized carbons (Fsp3) is 0.469. The highest BCUT2D eigenvalue weighted by Crippen LogP contribution is 2.39. The first-order valence-electron chi connectivity index (χ1n) is 14.6. The number of aliphatic hydroxyl groups excluding tert-OH is 2. The SMILES string of the molecule is CC1(C)CC(O)C(O)CN(CC#Cc2cc(N3C4CCC3CN(c3cc(-c5ccccc5O)nnc3N)C4)ccn2)C1. The lowest BCUT2D eigenvalue weighted by atomic mass is 9.86. The number of β-amino-alcohol motifs (C(OH)–C–C–N with tert-alkyl or cyclic N) is 1. The highest BCUT2D eigenvalue weighted by Gasteiger charge is 2.41. The minimum atomic E-state index is -0.764. The van der Waals surface area contributed by atoms with Crippen LogP contribution in [0.2, 0.25) is 0 Å². The molecule has 2 aromatic heterocycles. The molecule has 0 amide bonds. The number of nitrogens with zero attached hydrogens (tertiary/aromatic N) is 6. The molecule has 10 heteroatoms. The van der Waals surface area contributed by atoms with Gasteiger partial charge in [0.25, 0.3) is 0 Å². The van der Waals surface area contributed by atoms with Crippen LogP contribution >= 0.6 is 0 Å². The minimum absolute atomic E-state index is 0.0972. The number of aromatic nitrogens is 3. The molecule has 2 bridgehead atoms. The lowest BCUT2D eigenvalue weighted by molar-refractivity contribution is 0.00399. The molecule has 0 saturated carbocycles. The third-order valence-corrected chi connectivity index (χ3v) is 8.67. The molecule has 4 unspecified atom stereocenters. The molecule has 4 atom stereocenters. The molecule has 3 saturated heterocycles. The molecule has 3 aromatic rings. The van der Waals surface area contributed by atoms with E-state index in [1.807, 2.05) is 24.4 Å². The number of nitrogen functional groups attached to an aromatic ring is 1. The molecule has 1 aromatic carbocycles. The molecule has 0 radical (unpaired) electrons. The largest absolute Gasteiger partial charge is 0.507 e. The van der Waals surface area contributed by atoms with E-state index in [9.17, 15) is 15.3 Å². The number of hydrogen-bond donors (Lipinski definition) is 4. The Morgan fingerprint density at radius 1 is 1.00 bits per heavy atom. The number of likely N-dealkylation sites (tertiary alicyclic amines) is 1. The summed E-state index contributed by atoms with van der Waals surface area (Å²) in [4.78, 5) is 11.4. The van der Waals surface area contributed by atoms with Gasteiger partial charge in [-0.05, 0) is 60.9 Å². The molecule has 3 fully saturated rings. The zero-order valence-electron chi connectivity index (χ0n) is 24.2. The van der Waals surface area contributed by atoms with Crippen molar-refractivity contribution in [3.8, 4) is 28.8 Å². The first-order chi connectivity index (χ1) is 20.2. The number of anilines is 3. The number of hydrogen-bond acceptors (Lipinski definition) is 10. The number of rotatable bonds is 4. The van der Waals surface area contributed by atoms with E-state index in [2.05, 4.69) is 67.7 Å². The van der Waals surface area contributed by atoms with Gasteiger partial charge in [0, 0.05) is 55.7 Å². The average Bonchev–Trinajstić information content (AvgIpc) is 3.16. The first kappa shape index (κ1) is 28.2. The number of pyridine rings is 1. The number of piperazine rings is 1. The van der Waals surface area contributed by atoms with Gasteiger partial charge in [-0.3, -0.25) is 4.90 Å². The predicted octanol–water partition coefficient (Wildman–Crippen LogP) is 2.49. The van der Waals surface area contributed by atoms with Gasteiger partial charge in [-0.1, -0.05) is 31.9 Å². The van der Waals surface area contributed by atoms with Crippen molar-refractivity contribution in [1.82, 2.24) is 20.1 Å². The minimum Gasteiger partial charge on any atom is -0.507 e. The number of fused-ring (bicyclic) bond motifs is 2. The van der Waals surface area contributed by atoms with Gasteiger partial charge in [0.05, 0.1) is 30.1 Å². The van der Waals surface area contributed by atoms with Crippen LogP contribution in [0.4, 0.5) is 17.2 Å². The lowest BCUT2D eigenvalue weighted by Crippen LogP contribution is -2.54. The van der Waals surface area contributed by atoms with E-state index in [0.29, 0.717) is 48.7 Å². The number of aliphatic hydroxyl groups is 2. The predicted molar refractivity (Wildman–Crippen MR) is 163 cm³/mol. The van der Waals surface area contributed by atoms with Crippen LogP contribution in [0.1, 0.15) is 38.8 Å². The topological polar surface area (TPSA) is 135 Å². The molecule has 0 aliphatic carbocycles. The van der Waals surface area contributed by atoms with Crippen molar-refractivity contribution >= 4 is 17.2 Å². The van der Waals surface area contributed by atoms with Gasteiger partial charge < -0.3 is 30.9 Å². The quantitative estimate of drug-likeness (QED) is 0.347. The Bertz CT molecular complexity index is 1490. The van der Waals surface area contributed by atoms with Crippen molar-refractivity contribution in [3.63, 3.8) is 0 Å². The van der Waals surface area contributed by atoms with Crippen molar-refractivity contribution in [2.45, 2.75) is 57.4 Å². The number of aromatic hydroxyl groups is 1. The average molecular weight is 570 g/mol. The monoisotopic (exact) mass is 569 g/mol. The van der Waals surface area contributed by atoms with Crippen LogP contribution in [0, 0.1) is 17.3 Å². The van der Waals surface area contributed by atoms with Crippen molar-refractivity contribution in [2.75, 3.05) is 48.3 Å². The van der Waals surface area contributed by atoms with E-state index < -0.39 is 12.2 Å². The lowest BCUT2D eigenvalue weighted by Gasteiger charge is -2.43. The maximum atomic E-state index is 10.3. The number of benzene rings is 1. The molecule has 3 aliphatic heterocycles.